The molecule has 1 heterocycles. The molecule has 1 N–H and O–H groups in total. The maximum atomic E-state index is 12.8. The van der Waals surface area contributed by atoms with Crippen molar-refractivity contribution in [3.05, 3.63) is 35.9 Å². The molecule has 0 aromatic heterocycles. The molecule has 0 bridgehead atoms. The maximum Gasteiger partial charge on any atom is 0.245 e. The van der Waals surface area contributed by atoms with Gasteiger partial charge in [0.2, 0.25) is 5.91 Å². The monoisotopic (exact) mass is 272 g/mol. The van der Waals surface area contributed by atoms with Crippen LogP contribution in [0.5, 0.6) is 0 Å². The van der Waals surface area contributed by atoms with Crippen molar-refractivity contribution in [1.82, 2.24) is 10.2 Å². The van der Waals surface area contributed by atoms with E-state index < -0.39 is 0 Å². The van der Waals surface area contributed by atoms with Crippen LogP contribution in [0.4, 0.5) is 0 Å². The van der Waals surface area contributed by atoms with Gasteiger partial charge in [-0.15, -0.1) is 0 Å². The molecule has 3 atom stereocenters. The maximum absolute atomic E-state index is 12.8. The first-order valence-electron chi connectivity index (χ1n) is 7.68. The van der Waals surface area contributed by atoms with Gasteiger partial charge in [0.05, 0.1) is 6.17 Å². The van der Waals surface area contributed by atoms with Crippen LogP contribution in [0, 0.1) is 5.41 Å². The lowest BCUT2D eigenvalue weighted by Gasteiger charge is -2.25. The van der Waals surface area contributed by atoms with Gasteiger partial charge < -0.3 is 4.90 Å². The number of hydrogen-bond donors (Lipinski definition) is 1. The first kappa shape index (κ1) is 13.6. The summed E-state index contributed by atoms with van der Waals surface area (Å²) in [6, 6.07) is 10.3. The highest BCUT2D eigenvalue weighted by Gasteiger charge is 2.56. The van der Waals surface area contributed by atoms with Gasteiger partial charge >= 0.3 is 0 Å². The lowest BCUT2D eigenvalue weighted by atomic mass is 10.1. The largest absolute Gasteiger partial charge is 0.322 e. The molecule has 1 amide bonds. The van der Waals surface area contributed by atoms with Crippen LogP contribution in [0.3, 0.4) is 0 Å². The van der Waals surface area contributed by atoms with Gasteiger partial charge in [0.15, 0.2) is 0 Å². The van der Waals surface area contributed by atoms with Crippen molar-refractivity contribution >= 4 is 5.91 Å². The Morgan fingerprint density at radius 2 is 1.95 bits per heavy atom. The van der Waals surface area contributed by atoms with Crippen LogP contribution in [0.15, 0.2) is 30.3 Å². The van der Waals surface area contributed by atoms with E-state index in [2.05, 4.69) is 31.0 Å². The first-order valence-corrected chi connectivity index (χ1v) is 7.68. The molecule has 2 fully saturated rings. The van der Waals surface area contributed by atoms with Crippen molar-refractivity contribution in [2.75, 3.05) is 0 Å². The SMILES string of the molecule is CCCC1NC(c2ccccc2)C(=O)N1C1CC1(C)C. The van der Waals surface area contributed by atoms with Gasteiger partial charge in [0.1, 0.15) is 6.04 Å². The molecule has 1 aromatic rings. The Morgan fingerprint density at radius 3 is 2.50 bits per heavy atom. The van der Waals surface area contributed by atoms with E-state index in [1.807, 2.05) is 30.3 Å². The van der Waals surface area contributed by atoms with Gasteiger partial charge in [-0.1, -0.05) is 57.5 Å². The smallest absolute Gasteiger partial charge is 0.245 e. The fraction of sp³-hybridized carbons (Fsp3) is 0.588. The van der Waals surface area contributed by atoms with E-state index in [0.29, 0.717) is 6.04 Å². The third kappa shape index (κ3) is 2.24. The second kappa shape index (κ2) is 4.88. The average molecular weight is 272 g/mol. The summed E-state index contributed by atoms with van der Waals surface area (Å²) in [5.74, 6) is 0.255. The first-order chi connectivity index (χ1) is 9.54. The molecular formula is C17H24N2O. The molecule has 2 aliphatic rings. The molecule has 1 saturated heterocycles. The van der Waals surface area contributed by atoms with Crippen LogP contribution in [0.2, 0.25) is 0 Å². The van der Waals surface area contributed by atoms with E-state index in [0.717, 1.165) is 24.8 Å². The summed E-state index contributed by atoms with van der Waals surface area (Å²) in [6.45, 7) is 6.69. The summed E-state index contributed by atoms with van der Waals surface area (Å²) in [7, 11) is 0. The van der Waals surface area contributed by atoms with Gasteiger partial charge in [0.25, 0.3) is 0 Å². The zero-order valence-electron chi connectivity index (χ0n) is 12.6. The van der Waals surface area contributed by atoms with Crippen LogP contribution in [0.1, 0.15) is 51.6 Å². The van der Waals surface area contributed by atoms with Crippen LogP contribution in [-0.4, -0.2) is 23.0 Å². The second-order valence-electron chi connectivity index (χ2n) is 6.77. The molecule has 108 valence electrons. The van der Waals surface area contributed by atoms with E-state index in [-0.39, 0.29) is 23.5 Å². The third-order valence-electron chi connectivity index (χ3n) is 4.69. The lowest BCUT2D eigenvalue weighted by Crippen LogP contribution is -2.40. The summed E-state index contributed by atoms with van der Waals surface area (Å²) < 4.78 is 0. The van der Waals surface area contributed by atoms with Gasteiger partial charge in [0, 0.05) is 6.04 Å². The quantitative estimate of drug-likeness (QED) is 0.913. The Labute approximate surface area is 121 Å². The number of nitrogens with zero attached hydrogens (tertiary/aromatic N) is 1. The van der Waals surface area contributed by atoms with E-state index >= 15 is 0 Å². The number of hydrogen-bond acceptors (Lipinski definition) is 2. The van der Waals surface area contributed by atoms with Crippen molar-refractivity contribution in [3.8, 4) is 0 Å². The van der Waals surface area contributed by atoms with E-state index in [1.165, 1.54) is 0 Å². The highest BCUT2D eigenvalue weighted by molar-refractivity contribution is 5.86. The number of carbonyl (C=O) groups excluding carboxylic acids is 1. The minimum absolute atomic E-state index is 0.163. The summed E-state index contributed by atoms with van der Waals surface area (Å²) in [6.07, 6.45) is 3.45. The molecule has 1 aromatic carbocycles. The highest BCUT2D eigenvalue weighted by Crippen LogP contribution is 2.51. The molecule has 1 saturated carbocycles. The van der Waals surface area contributed by atoms with Crippen molar-refractivity contribution in [1.29, 1.82) is 0 Å². The van der Waals surface area contributed by atoms with Crippen molar-refractivity contribution in [3.63, 3.8) is 0 Å². The predicted molar refractivity (Wildman–Crippen MR) is 80.0 cm³/mol. The summed E-state index contributed by atoms with van der Waals surface area (Å²) in [5.41, 5.74) is 1.37. The summed E-state index contributed by atoms with van der Waals surface area (Å²) in [4.78, 5) is 15.0. The third-order valence-corrected chi connectivity index (χ3v) is 4.69. The van der Waals surface area contributed by atoms with Gasteiger partial charge in [-0.3, -0.25) is 10.1 Å². The van der Waals surface area contributed by atoms with E-state index in [9.17, 15) is 4.79 Å². The van der Waals surface area contributed by atoms with Crippen molar-refractivity contribution < 1.29 is 4.79 Å². The van der Waals surface area contributed by atoms with Crippen LogP contribution in [-0.2, 0) is 4.79 Å². The fourth-order valence-electron chi connectivity index (χ4n) is 3.31. The Hall–Kier alpha value is -1.35. The van der Waals surface area contributed by atoms with E-state index in [1.54, 1.807) is 0 Å². The Morgan fingerprint density at radius 1 is 1.30 bits per heavy atom. The van der Waals surface area contributed by atoms with Crippen molar-refractivity contribution in [2.45, 2.75) is 58.3 Å². The van der Waals surface area contributed by atoms with Crippen LogP contribution in [0.25, 0.3) is 0 Å². The van der Waals surface area contributed by atoms with Gasteiger partial charge in [-0.05, 0) is 23.8 Å². The Kier molecular flexibility index (Phi) is 3.33. The molecule has 1 aliphatic carbocycles. The highest BCUT2D eigenvalue weighted by atomic mass is 16.2. The summed E-state index contributed by atoms with van der Waals surface area (Å²) >= 11 is 0. The zero-order valence-corrected chi connectivity index (χ0v) is 12.6. The van der Waals surface area contributed by atoms with Gasteiger partial charge in [-0.25, -0.2) is 0 Å². The number of carbonyl (C=O) groups is 1. The molecule has 1 aliphatic heterocycles. The van der Waals surface area contributed by atoms with Gasteiger partial charge in [-0.2, -0.15) is 0 Å². The number of rotatable bonds is 4. The molecule has 20 heavy (non-hydrogen) atoms. The fourth-order valence-corrected chi connectivity index (χ4v) is 3.31. The van der Waals surface area contributed by atoms with E-state index in [4.69, 9.17) is 0 Å². The Balaban J connectivity index is 1.84. The van der Waals surface area contributed by atoms with Crippen molar-refractivity contribution in [2.24, 2.45) is 5.41 Å². The number of amides is 1. The zero-order chi connectivity index (χ0) is 14.3. The lowest BCUT2D eigenvalue weighted by molar-refractivity contribution is -0.131. The molecular weight excluding hydrogens is 248 g/mol. The molecule has 0 radical (unpaired) electrons. The molecule has 3 nitrogen and oxygen atoms in total. The minimum Gasteiger partial charge on any atom is -0.322 e. The molecule has 3 unspecified atom stereocenters. The topological polar surface area (TPSA) is 32.3 Å². The molecule has 3 rings (SSSR count). The number of nitrogens with one attached hydrogen (secondary N) is 1. The second-order valence-corrected chi connectivity index (χ2v) is 6.77. The average Bonchev–Trinajstić information content (AvgIpc) is 2.91. The van der Waals surface area contributed by atoms with Crippen LogP contribution >= 0.6 is 0 Å². The Bertz CT molecular complexity index is 497. The molecule has 3 heteroatoms. The standard InChI is InChI=1S/C17H24N2O/c1-4-8-14-18-15(12-9-6-5-7-10-12)16(20)19(14)13-11-17(13,2)3/h5-7,9-10,13-15,18H,4,8,11H2,1-3H3. The normalized spacial score (nSPS) is 31.6. The number of benzene rings is 1. The molecule has 0 spiro atoms. The minimum atomic E-state index is -0.163. The van der Waals surface area contributed by atoms with Crippen LogP contribution < -0.4 is 5.32 Å². The predicted octanol–water partition coefficient (Wildman–Crippen LogP) is 3.08. The summed E-state index contributed by atoms with van der Waals surface area (Å²) in [5, 5.41) is 3.54.